The number of para-hydroxylation sites is 4. The second kappa shape index (κ2) is 5.65. The molecule has 0 fully saturated rings. The molecular weight excluding hydrogens is 288 g/mol. The van der Waals surface area contributed by atoms with Gasteiger partial charge in [0.15, 0.2) is 11.6 Å². The molecule has 114 valence electrons. The van der Waals surface area contributed by atoms with Crippen LogP contribution in [0.1, 0.15) is 12.8 Å². The Labute approximate surface area is 134 Å². The summed E-state index contributed by atoms with van der Waals surface area (Å²) in [5, 5.41) is 3.23. The minimum atomic E-state index is 0.710. The highest BCUT2D eigenvalue weighted by molar-refractivity contribution is 5.69. The largest absolute Gasteiger partial charge is 0.439 e. The number of aryl methyl sites for hydroxylation is 1. The molecule has 1 aliphatic rings. The van der Waals surface area contributed by atoms with Crippen LogP contribution in [0.3, 0.4) is 0 Å². The molecule has 0 amide bonds. The number of allylic oxidation sites excluding steroid dienone is 2. The van der Waals surface area contributed by atoms with E-state index in [9.17, 15) is 0 Å². The molecule has 2 aromatic carbocycles. The number of ether oxygens (including phenoxy) is 1. The zero-order valence-electron chi connectivity index (χ0n) is 12.8. The van der Waals surface area contributed by atoms with E-state index in [2.05, 4.69) is 22.9 Å². The topological polar surface area (TPSA) is 38.3 Å². The van der Waals surface area contributed by atoms with E-state index in [4.69, 9.17) is 9.15 Å². The molecule has 4 rings (SSSR count). The molecule has 0 aliphatic carbocycles. The normalized spacial score (nSPS) is 15.1. The van der Waals surface area contributed by atoms with Crippen LogP contribution in [-0.2, 0) is 6.54 Å². The zero-order valence-corrected chi connectivity index (χ0v) is 12.8. The Bertz CT molecular complexity index is 895. The van der Waals surface area contributed by atoms with Crippen LogP contribution in [-0.4, -0.2) is 0 Å². The zero-order chi connectivity index (χ0) is 15.6. The highest BCUT2D eigenvalue weighted by Gasteiger charge is 2.18. The van der Waals surface area contributed by atoms with Crippen molar-refractivity contribution >= 4 is 22.9 Å². The van der Waals surface area contributed by atoms with Crippen LogP contribution in [0.2, 0.25) is 0 Å². The lowest BCUT2D eigenvalue weighted by Gasteiger charge is -1.94. The predicted octanol–water partition coefficient (Wildman–Crippen LogP) is 4.10. The summed E-state index contributed by atoms with van der Waals surface area (Å²) in [7, 11) is 0. The molecule has 0 bridgehead atoms. The number of nitrogens with one attached hydrogen (secondary N) is 1. The summed E-state index contributed by atoms with van der Waals surface area (Å²) < 4.78 is 13.8. The maximum atomic E-state index is 5.90. The third-order valence-electron chi connectivity index (χ3n) is 3.80. The maximum Gasteiger partial charge on any atom is 0.374 e. The summed E-state index contributed by atoms with van der Waals surface area (Å²) in [4.78, 5) is 0. The molecule has 1 N–H and O–H groups in total. The molecule has 4 nitrogen and oxygen atoms in total. The number of oxazole rings is 1. The number of hydrogen-bond acceptors (Lipinski definition) is 3. The fraction of sp³-hybridized carbons (Fsp3) is 0.105. The summed E-state index contributed by atoms with van der Waals surface area (Å²) in [6, 6.07) is 15.9. The first-order valence-electron chi connectivity index (χ1n) is 7.69. The molecule has 1 aromatic heterocycles. The summed E-state index contributed by atoms with van der Waals surface area (Å²) in [6.45, 7) is 2.96. The number of nitrogens with zero attached hydrogens (tertiary/aromatic N) is 1. The monoisotopic (exact) mass is 305 g/mol. The molecule has 2 heterocycles. The molecule has 0 saturated heterocycles. The van der Waals surface area contributed by atoms with Crippen LogP contribution < -0.4 is 14.6 Å². The van der Waals surface area contributed by atoms with Gasteiger partial charge in [-0.15, -0.1) is 0 Å². The molecule has 0 unspecified atom stereocenters. The van der Waals surface area contributed by atoms with Gasteiger partial charge in [-0.2, -0.15) is 4.57 Å². The minimum Gasteiger partial charge on any atom is -0.439 e. The van der Waals surface area contributed by atoms with Crippen LogP contribution in [0.5, 0.6) is 5.75 Å². The van der Waals surface area contributed by atoms with Crippen molar-refractivity contribution in [3.8, 4) is 5.75 Å². The average molecular weight is 305 g/mol. The van der Waals surface area contributed by atoms with Gasteiger partial charge >= 0.3 is 5.89 Å². The quantitative estimate of drug-likeness (QED) is 0.740. The van der Waals surface area contributed by atoms with Gasteiger partial charge in [-0.25, -0.2) is 0 Å². The first kappa shape index (κ1) is 13.6. The Hall–Kier alpha value is -3.01. The highest BCUT2D eigenvalue weighted by atomic mass is 16.5. The van der Waals surface area contributed by atoms with Crippen molar-refractivity contribution in [3.63, 3.8) is 0 Å². The van der Waals surface area contributed by atoms with Gasteiger partial charge in [0.1, 0.15) is 6.54 Å². The molecule has 0 saturated carbocycles. The van der Waals surface area contributed by atoms with Gasteiger partial charge in [-0.1, -0.05) is 24.3 Å². The first-order chi connectivity index (χ1) is 11.3. The van der Waals surface area contributed by atoms with E-state index in [0.717, 1.165) is 35.0 Å². The Morgan fingerprint density at radius 3 is 2.78 bits per heavy atom. The fourth-order valence-electron chi connectivity index (χ4n) is 2.73. The van der Waals surface area contributed by atoms with Gasteiger partial charge in [-0.05, 0) is 37.3 Å². The van der Waals surface area contributed by atoms with Crippen molar-refractivity contribution in [1.29, 1.82) is 0 Å². The molecule has 4 heteroatoms. The van der Waals surface area contributed by atoms with Crippen LogP contribution in [0, 0.1) is 0 Å². The second-order valence-electron chi connectivity index (χ2n) is 5.27. The fourth-order valence-corrected chi connectivity index (χ4v) is 2.73. The SMILES string of the molecule is CC[n+]1c(C=CC=C2Nc3ccccc3O2)oc2ccccc21. The average Bonchev–Trinajstić information content (AvgIpc) is 3.14. The molecule has 23 heavy (non-hydrogen) atoms. The van der Waals surface area contributed by atoms with Crippen molar-refractivity contribution in [2.45, 2.75) is 13.5 Å². The summed E-state index contributed by atoms with van der Waals surface area (Å²) in [5.74, 6) is 2.38. The lowest BCUT2D eigenvalue weighted by Crippen LogP contribution is -2.33. The third kappa shape index (κ3) is 2.48. The van der Waals surface area contributed by atoms with Gasteiger partial charge < -0.3 is 14.5 Å². The van der Waals surface area contributed by atoms with E-state index in [1.165, 1.54) is 0 Å². The smallest absolute Gasteiger partial charge is 0.374 e. The Kier molecular flexibility index (Phi) is 3.35. The Morgan fingerprint density at radius 1 is 1.09 bits per heavy atom. The lowest BCUT2D eigenvalue weighted by molar-refractivity contribution is -0.674. The van der Waals surface area contributed by atoms with E-state index in [1.54, 1.807) is 0 Å². The van der Waals surface area contributed by atoms with E-state index in [0.29, 0.717) is 5.88 Å². The number of hydrogen-bond donors (Lipinski definition) is 1. The minimum absolute atomic E-state index is 0.710. The molecule has 0 spiro atoms. The summed E-state index contributed by atoms with van der Waals surface area (Å²) in [5.41, 5.74) is 2.98. The highest BCUT2D eigenvalue weighted by Crippen LogP contribution is 2.32. The Balaban J connectivity index is 1.59. The molecule has 0 atom stereocenters. The van der Waals surface area contributed by atoms with Crippen LogP contribution in [0.25, 0.3) is 17.2 Å². The molecule has 1 aliphatic heterocycles. The van der Waals surface area contributed by atoms with Gasteiger partial charge in [0, 0.05) is 6.07 Å². The number of benzene rings is 2. The van der Waals surface area contributed by atoms with Crippen molar-refractivity contribution in [1.82, 2.24) is 0 Å². The van der Waals surface area contributed by atoms with Crippen molar-refractivity contribution in [3.05, 3.63) is 72.5 Å². The van der Waals surface area contributed by atoms with Gasteiger partial charge in [-0.3, -0.25) is 0 Å². The lowest BCUT2D eigenvalue weighted by atomic mass is 10.3. The standard InChI is InChI=1S/C19H16N2O2/c1-2-21-15-9-4-6-11-17(15)23-19(21)13-7-12-18-20-14-8-3-5-10-16(14)22-18/h3-13H,2H2,1H3/p+1. The van der Waals surface area contributed by atoms with Crippen LogP contribution in [0.4, 0.5) is 5.69 Å². The van der Waals surface area contributed by atoms with Crippen LogP contribution in [0.15, 0.2) is 71.0 Å². The molecule has 0 radical (unpaired) electrons. The number of anilines is 1. The summed E-state index contributed by atoms with van der Waals surface area (Å²) in [6.07, 6.45) is 5.77. The molecule has 3 aromatic rings. The van der Waals surface area contributed by atoms with Crippen molar-refractivity contribution in [2.24, 2.45) is 0 Å². The predicted molar refractivity (Wildman–Crippen MR) is 89.9 cm³/mol. The Morgan fingerprint density at radius 2 is 1.91 bits per heavy atom. The van der Waals surface area contributed by atoms with E-state index in [-0.39, 0.29) is 0 Å². The first-order valence-corrected chi connectivity index (χ1v) is 7.69. The summed E-state index contributed by atoms with van der Waals surface area (Å²) >= 11 is 0. The van der Waals surface area contributed by atoms with Gasteiger partial charge in [0.25, 0.3) is 5.52 Å². The maximum absolute atomic E-state index is 5.90. The van der Waals surface area contributed by atoms with E-state index >= 15 is 0 Å². The number of fused-ring (bicyclic) bond motifs is 2. The van der Waals surface area contributed by atoms with Gasteiger partial charge in [0.05, 0.1) is 11.8 Å². The molecular formula is C19H17N2O2+. The van der Waals surface area contributed by atoms with E-state index < -0.39 is 0 Å². The van der Waals surface area contributed by atoms with E-state index in [1.807, 2.05) is 60.7 Å². The number of aromatic nitrogens is 1. The number of rotatable bonds is 3. The van der Waals surface area contributed by atoms with Crippen molar-refractivity contribution in [2.75, 3.05) is 5.32 Å². The van der Waals surface area contributed by atoms with Crippen LogP contribution >= 0.6 is 0 Å². The van der Waals surface area contributed by atoms with Crippen molar-refractivity contribution < 1.29 is 13.7 Å². The third-order valence-corrected chi connectivity index (χ3v) is 3.80. The second-order valence-corrected chi connectivity index (χ2v) is 5.27. The van der Waals surface area contributed by atoms with Gasteiger partial charge in [0.2, 0.25) is 5.58 Å².